The van der Waals surface area contributed by atoms with Gasteiger partial charge >= 0.3 is 0 Å². The molecule has 0 aliphatic heterocycles. The van der Waals surface area contributed by atoms with E-state index in [1.165, 1.54) is 0 Å². The molecule has 2 heterocycles. The van der Waals surface area contributed by atoms with Crippen molar-refractivity contribution in [2.75, 3.05) is 31.8 Å². The summed E-state index contributed by atoms with van der Waals surface area (Å²) in [6, 6.07) is 8.02. The van der Waals surface area contributed by atoms with Gasteiger partial charge in [-0.2, -0.15) is 4.98 Å². The molecule has 3 aromatic rings. The predicted octanol–water partition coefficient (Wildman–Crippen LogP) is 3.78. The van der Waals surface area contributed by atoms with E-state index in [9.17, 15) is 9.59 Å². The van der Waals surface area contributed by atoms with Gasteiger partial charge in [-0.3, -0.25) is 19.7 Å². The Kier molecular flexibility index (Phi) is 15.7. The van der Waals surface area contributed by atoms with Crippen LogP contribution in [0.2, 0.25) is 0 Å². The van der Waals surface area contributed by atoms with Crippen LogP contribution >= 0.6 is 24.2 Å². The summed E-state index contributed by atoms with van der Waals surface area (Å²) in [4.78, 5) is 31.6. The molecule has 0 amide bonds. The summed E-state index contributed by atoms with van der Waals surface area (Å²) in [6.07, 6.45) is 2.02. The second-order valence-corrected chi connectivity index (χ2v) is 8.95. The van der Waals surface area contributed by atoms with Crippen LogP contribution in [0.3, 0.4) is 0 Å². The second kappa shape index (κ2) is 18.0. The van der Waals surface area contributed by atoms with E-state index in [4.69, 9.17) is 15.0 Å². The summed E-state index contributed by atoms with van der Waals surface area (Å²) in [5.74, 6) is 0.0665. The average molecular weight is 573 g/mol. The molecule has 1 unspecified atom stereocenters. The molecule has 3 rings (SSSR count). The lowest BCUT2D eigenvalue weighted by molar-refractivity contribution is -0.128. The Morgan fingerprint density at radius 3 is 2.71 bits per heavy atom. The number of fused-ring (bicyclic) bond motifs is 1. The molecule has 1 atom stereocenters. The zero-order valence-electron chi connectivity index (χ0n) is 20.5. The molecule has 0 spiro atoms. The smallest absolute Gasteiger partial charge is 0.293 e. The number of nitrogens with zero attached hydrogens (tertiary/aromatic N) is 3. The van der Waals surface area contributed by atoms with Crippen LogP contribution in [0.25, 0.3) is 11.2 Å². The largest absolute Gasteiger partial charge is 0.468 e. The van der Waals surface area contributed by atoms with Crippen LogP contribution in [0, 0.1) is 0 Å². The molecule has 1 aromatic carbocycles. The van der Waals surface area contributed by atoms with Gasteiger partial charge in [-0.25, -0.2) is 4.98 Å². The predicted molar refractivity (Wildman–Crippen MR) is 142 cm³/mol. The molecule has 35 heavy (non-hydrogen) atoms. The number of anilines is 1. The molecule has 194 valence electrons. The highest BCUT2D eigenvalue weighted by molar-refractivity contribution is 9.10. The van der Waals surface area contributed by atoms with Crippen molar-refractivity contribution in [2.24, 2.45) is 0 Å². The number of hydrogen-bond acceptors (Lipinski definition) is 9. The Hall–Kier alpha value is -2.37. The molecule has 0 saturated carbocycles. The summed E-state index contributed by atoms with van der Waals surface area (Å²) >= 11 is 3.46. The van der Waals surface area contributed by atoms with E-state index in [1.807, 2.05) is 45.0 Å². The van der Waals surface area contributed by atoms with Gasteiger partial charge in [-0.1, -0.05) is 48.8 Å². The first-order valence-electron chi connectivity index (χ1n) is 11.2. The van der Waals surface area contributed by atoms with E-state index in [0.29, 0.717) is 44.8 Å². The zero-order chi connectivity index (χ0) is 26.1. The third-order valence-electron chi connectivity index (χ3n) is 4.02. The first-order valence-corrected chi connectivity index (χ1v) is 13.4. The average Bonchev–Trinajstić information content (AvgIpc) is 3.25. The number of nitrogens with one attached hydrogen (secondary N) is 2. The number of carbonyl (C=O) groups is 1. The van der Waals surface area contributed by atoms with E-state index < -0.39 is 8.30 Å². The van der Waals surface area contributed by atoms with E-state index in [0.717, 1.165) is 16.6 Å². The Balaban J connectivity index is 0.000000779. The quantitative estimate of drug-likeness (QED) is 0.167. The number of aromatic amines is 1. The van der Waals surface area contributed by atoms with Gasteiger partial charge in [-0.05, 0) is 31.2 Å². The third kappa shape index (κ3) is 11.3. The standard InChI is InChI=1S/C17H22BrN6O3P.C3H6O2.C2H6/c1-2-21-28(27-9-12-4-3-5-13(18)8-12)11-26-7-6-24-10-20-14-15(24)22-17(19)23-16(14)25;1-2-5-3-4;1-2/h3-5,8,10,21H,2,6-7,9,11H2,1H3,(H3,19,22,23,25);3H,2H2,1H3;1-2H3. The van der Waals surface area contributed by atoms with Gasteiger partial charge in [0.1, 0.15) is 14.6 Å². The fraction of sp³-hybridized carbons (Fsp3) is 0.455. The van der Waals surface area contributed by atoms with Crippen LogP contribution in [0.1, 0.15) is 33.3 Å². The van der Waals surface area contributed by atoms with Crippen LogP contribution in [0.4, 0.5) is 5.95 Å². The van der Waals surface area contributed by atoms with E-state index >= 15 is 0 Å². The molecule has 0 aliphatic rings. The summed E-state index contributed by atoms with van der Waals surface area (Å²) in [7, 11) is -0.911. The number of rotatable bonds is 12. The Morgan fingerprint density at radius 2 is 2.09 bits per heavy atom. The lowest BCUT2D eigenvalue weighted by Gasteiger charge is -2.18. The Bertz CT molecular complexity index is 1060. The minimum Gasteiger partial charge on any atom is -0.468 e. The monoisotopic (exact) mass is 572 g/mol. The number of carbonyl (C=O) groups excluding carboxylic acids is 1. The van der Waals surface area contributed by atoms with Gasteiger partial charge in [0.05, 0.1) is 26.1 Å². The number of benzene rings is 1. The molecule has 2 aromatic heterocycles. The van der Waals surface area contributed by atoms with Crippen molar-refractivity contribution < 1.29 is 18.8 Å². The fourth-order valence-corrected chi connectivity index (χ4v) is 4.25. The van der Waals surface area contributed by atoms with Gasteiger partial charge in [0, 0.05) is 11.0 Å². The van der Waals surface area contributed by atoms with Crippen molar-refractivity contribution in [3.8, 4) is 0 Å². The first-order chi connectivity index (χ1) is 17.0. The number of imidazole rings is 1. The second-order valence-electron chi connectivity index (χ2n) is 6.44. The zero-order valence-corrected chi connectivity index (χ0v) is 23.0. The van der Waals surface area contributed by atoms with Crippen LogP contribution in [0.5, 0.6) is 0 Å². The van der Waals surface area contributed by atoms with Crippen LogP contribution < -0.4 is 16.4 Å². The number of ether oxygens (including phenoxy) is 2. The summed E-state index contributed by atoms with van der Waals surface area (Å²) in [6.45, 7) is 10.9. The normalized spacial score (nSPS) is 11.1. The van der Waals surface area contributed by atoms with Gasteiger partial charge in [0.15, 0.2) is 11.2 Å². The van der Waals surface area contributed by atoms with Gasteiger partial charge in [-0.15, -0.1) is 0 Å². The number of nitrogen functional groups attached to an aromatic ring is 1. The van der Waals surface area contributed by atoms with Crippen molar-refractivity contribution >= 4 is 47.8 Å². The Morgan fingerprint density at radius 1 is 1.31 bits per heavy atom. The minimum atomic E-state index is -0.911. The summed E-state index contributed by atoms with van der Waals surface area (Å²) in [5, 5.41) is 3.32. The number of hydrogen-bond donors (Lipinski definition) is 3. The van der Waals surface area contributed by atoms with Crippen molar-refractivity contribution in [2.45, 2.75) is 40.8 Å². The molecule has 13 heteroatoms. The van der Waals surface area contributed by atoms with Crippen molar-refractivity contribution in [3.63, 3.8) is 0 Å². The van der Waals surface area contributed by atoms with E-state index in [2.05, 4.69) is 40.7 Å². The molecule has 4 N–H and O–H groups in total. The maximum Gasteiger partial charge on any atom is 0.293 e. The molecule has 0 saturated heterocycles. The van der Waals surface area contributed by atoms with Crippen molar-refractivity contribution in [3.05, 3.63) is 51.0 Å². The summed E-state index contributed by atoms with van der Waals surface area (Å²) in [5.41, 5.74) is 7.07. The highest BCUT2D eigenvalue weighted by atomic mass is 79.9. The van der Waals surface area contributed by atoms with Crippen LogP contribution in [-0.2, 0) is 31.9 Å². The van der Waals surface area contributed by atoms with Crippen molar-refractivity contribution in [1.29, 1.82) is 0 Å². The molecule has 0 fully saturated rings. The SMILES string of the molecule is CC.CCNP(COCCn1cnc2c(=O)[nH]c(N)nc21)OCc1cccc(Br)c1.CCOC=O. The molecular formula is C22H34BrN6O5P. The Labute approximate surface area is 214 Å². The van der Waals surface area contributed by atoms with Crippen LogP contribution in [0.15, 0.2) is 39.9 Å². The van der Waals surface area contributed by atoms with Gasteiger partial charge < -0.3 is 24.3 Å². The maximum absolute atomic E-state index is 11.8. The van der Waals surface area contributed by atoms with E-state index in [1.54, 1.807) is 17.8 Å². The molecule has 0 bridgehead atoms. The van der Waals surface area contributed by atoms with Crippen LogP contribution in [-0.4, -0.2) is 52.1 Å². The van der Waals surface area contributed by atoms with Crippen molar-refractivity contribution in [1.82, 2.24) is 24.6 Å². The first kappa shape index (κ1) is 30.7. The number of nitrogens with two attached hydrogens (primary N) is 1. The molecule has 0 radical (unpaired) electrons. The lowest BCUT2D eigenvalue weighted by atomic mass is 10.2. The fourth-order valence-electron chi connectivity index (χ4n) is 2.60. The topological polar surface area (TPSA) is 146 Å². The number of H-pyrrole nitrogens is 1. The number of aromatic nitrogens is 4. The number of halogens is 1. The molecule has 0 aliphatic carbocycles. The highest BCUT2D eigenvalue weighted by Crippen LogP contribution is 2.33. The summed E-state index contributed by atoms with van der Waals surface area (Å²) < 4.78 is 18.7. The minimum absolute atomic E-state index is 0.0665. The molecule has 11 nitrogen and oxygen atoms in total. The molecular weight excluding hydrogens is 539 g/mol. The van der Waals surface area contributed by atoms with Gasteiger partial charge in [0.2, 0.25) is 5.95 Å². The maximum atomic E-state index is 11.8. The van der Waals surface area contributed by atoms with Gasteiger partial charge in [0.25, 0.3) is 12.0 Å². The van der Waals surface area contributed by atoms with E-state index in [-0.39, 0.29) is 17.0 Å². The third-order valence-corrected chi connectivity index (χ3v) is 6.04. The lowest BCUT2D eigenvalue weighted by Crippen LogP contribution is -2.15. The highest BCUT2D eigenvalue weighted by Gasteiger charge is 2.11.